The smallest absolute Gasteiger partial charge is 0.310 e. The van der Waals surface area contributed by atoms with Crippen molar-refractivity contribution in [3.8, 4) is 0 Å². The molecule has 1 aromatic rings. The van der Waals surface area contributed by atoms with Crippen molar-refractivity contribution in [2.45, 2.75) is 12.8 Å². The lowest BCUT2D eigenvalue weighted by Crippen LogP contribution is -2.43. The number of benzene rings is 1. The topological polar surface area (TPSA) is 46.6 Å². The van der Waals surface area contributed by atoms with Gasteiger partial charge in [0.05, 0.1) is 13.0 Å². The minimum absolute atomic E-state index is 0.0295. The van der Waals surface area contributed by atoms with Gasteiger partial charge in [0.25, 0.3) is 5.91 Å². The van der Waals surface area contributed by atoms with Crippen molar-refractivity contribution in [1.82, 2.24) is 4.90 Å². The Hall–Kier alpha value is -2.05. The summed E-state index contributed by atoms with van der Waals surface area (Å²) in [5, 5.41) is 0. The van der Waals surface area contributed by atoms with Crippen molar-refractivity contribution < 1.29 is 27.5 Å². The summed E-state index contributed by atoms with van der Waals surface area (Å²) in [7, 11) is 1.24. The van der Waals surface area contributed by atoms with E-state index in [1.54, 1.807) is 0 Å². The first kappa shape index (κ1) is 15.3. The molecule has 21 heavy (non-hydrogen) atoms. The Morgan fingerprint density at radius 2 is 1.86 bits per heavy atom. The van der Waals surface area contributed by atoms with Crippen molar-refractivity contribution in [3.05, 3.63) is 35.1 Å². The molecule has 1 saturated heterocycles. The van der Waals surface area contributed by atoms with E-state index in [2.05, 4.69) is 4.74 Å². The van der Waals surface area contributed by atoms with E-state index in [0.717, 1.165) is 0 Å². The highest BCUT2D eigenvalue weighted by Gasteiger charge is 2.32. The number of carbonyl (C=O) groups is 2. The fourth-order valence-electron chi connectivity index (χ4n) is 2.43. The second-order valence-corrected chi connectivity index (χ2v) is 4.86. The summed E-state index contributed by atoms with van der Waals surface area (Å²) < 4.78 is 44.7. The summed E-state index contributed by atoms with van der Waals surface area (Å²) in [6.07, 6.45) is 1.07. The van der Waals surface area contributed by atoms with Gasteiger partial charge >= 0.3 is 5.97 Å². The van der Waals surface area contributed by atoms with Crippen LogP contribution < -0.4 is 0 Å². The van der Waals surface area contributed by atoms with Crippen LogP contribution in [0.3, 0.4) is 0 Å². The van der Waals surface area contributed by atoms with Crippen LogP contribution in [-0.4, -0.2) is 37.0 Å². The van der Waals surface area contributed by atoms with Crippen molar-refractivity contribution in [2.75, 3.05) is 20.2 Å². The first-order chi connectivity index (χ1) is 9.93. The van der Waals surface area contributed by atoms with Crippen molar-refractivity contribution >= 4 is 11.9 Å². The number of hydrogen-bond donors (Lipinski definition) is 0. The van der Waals surface area contributed by atoms with E-state index in [1.807, 2.05) is 0 Å². The second kappa shape index (κ2) is 6.15. The third-order valence-electron chi connectivity index (χ3n) is 3.46. The highest BCUT2D eigenvalue weighted by Crippen LogP contribution is 2.22. The van der Waals surface area contributed by atoms with Gasteiger partial charge in [0.2, 0.25) is 0 Å². The molecule has 0 aliphatic carbocycles. The SMILES string of the molecule is COC(=O)[C@H]1CCCN(C(=O)c2c(F)cc(F)cc2F)C1. The van der Waals surface area contributed by atoms with Gasteiger partial charge in [-0.25, -0.2) is 13.2 Å². The molecule has 114 valence electrons. The third kappa shape index (κ3) is 3.17. The first-order valence-corrected chi connectivity index (χ1v) is 6.45. The predicted molar refractivity (Wildman–Crippen MR) is 67.0 cm³/mol. The number of rotatable bonds is 2. The lowest BCUT2D eigenvalue weighted by molar-refractivity contribution is -0.146. The summed E-state index contributed by atoms with van der Waals surface area (Å²) >= 11 is 0. The molecule has 7 heteroatoms. The molecule has 0 unspecified atom stereocenters. The van der Waals surface area contributed by atoms with Crippen molar-refractivity contribution in [2.24, 2.45) is 5.92 Å². The van der Waals surface area contributed by atoms with Crippen LogP contribution in [0.2, 0.25) is 0 Å². The number of likely N-dealkylation sites (tertiary alicyclic amines) is 1. The van der Waals surface area contributed by atoms with Gasteiger partial charge < -0.3 is 9.64 Å². The zero-order chi connectivity index (χ0) is 15.6. The lowest BCUT2D eigenvalue weighted by Gasteiger charge is -2.31. The van der Waals surface area contributed by atoms with E-state index < -0.39 is 40.8 Å². The first-order valence-electron chi connectivity index (χ1n) is 6.45. The Balaban J connectivity index is 2.22. The van der Waals surface area contributed by atoms with E-state index in [-0.39, 0.29) is 13.1 Å². The molecule has 1 aromatic carbocycles. The van der Waals surface area contributed by atoms with Gasteiger partial charge in [-0.1, -0.05) is 0 Å². The van der Waals surface area contributed by atoms with E-state index in [1.165, 1.54) is 12.0 Å². The summed E-state index contributed by atoms with van der Waals surface area (Å²) in [4.78, 5) is 24.9. The van der Waals surface area contributed by atoms with Gasteiger partial charge in [-0.2, -0.15) is 0 Å². The van der Waals surface area contributed by atoms with E-state index in [9.17, 15) is 22.8 Å². The number of nitrogens with zero attached hydrogens (tertiary/aromatic N) is 1. The molecule has 0 bridgehead atoms. The molecule has 1 aliphatic rings. The van der Waals surface area contributed by atoms with Gasteiger partial charge in [0.1, 0.15) is 23.0 Å². The molecule has 1 amide bonds. The van der Waals surface area contributed by atoms with Crippen LogP contribution in [0.1, 0.15) is 23.2 Å². The van der Waals surface area contributed by atoms with Crippen LogP contribution in [0.25, 0.3) is 0 Å². The Morgan fingerprint density at radius 3 is 2.43 bits per heavy atom. The fraction of sp³-hybridized carbons (Fsp3) is 0.429. The lowest BCUT2D eigenvalue weighted by atomic mass is 9.97. The van der Waals surface area contributed by atoms with E-state index >= 15 is 0 Å². The Kier molecular flexibility index (Phi) is 4.50. The molecular formula is C14H14F3NO3. The van der Waals surface area contributed by atoms with Crippen LogP contribution >= 0.6 is 0 Å². The number of ether oxygens (including phenoxy) is 1. The maximum absolute atomic E-state index is 13.6. The largest absolute Gasteiger partial charge is 0.469 e. The van der Waals surface area contributed by atoms with Crippen molar-refractivity contribution in [3.63, 3.8) is 0 Å². The highest BCUT2D eigenvalue weighted by atomic mass is 19.1. The third-order valence-corrected chi connectivity index (χ3v) is 3.46. The maximum atomic E-state index is 13.6. The minimum Gasteiger partial charge on any atom is -0.469 e. The van der Waals surface area contributed by atoms with Gasteiger partial charge in [0, 0.05) is 25.2 Å². The molecule has 2 rings (SSSR count). The highest BCUT2D eigenvalue weighted by molar-refractivity contribution is 5.95. The molecule has 4 nitrogen and oxygen atoms in total. The average Bonchev–Trinajstić information content (AvgIpc) is 2.45. The zero-order valence-electron chi connectivity index (χ0n) is 11.4. The molecular weight excluding hydrogens is 287 g/mol. The minimum atomic E-state index is -1.25. The number of carbonyl (C=O) groups excluding carboxylic acids is 2. The maximum Gasteiger partial charge on any atom is 0.310 e. The number of amides is 1. The second-order valence-electron chi connectivity index (χ2n) is 4.86. The van der Waals surface area contributed by atoms with E-state index in [4.69, 9.17) is 0 Å². The predicted octanol–water partition coefficient (Wildman–Crippen LogP) is 2.13. The van der Waals surface area contributed by atoms with Crippen LogP contribution in [0, 0.1) is 23.4 Å². The van der Waals surface area contributed by atoms with Gasteiger partial charge in [0.15, 0.2) is 0 Å². The van der Waals surface area contributed by atoms with Crippen molar-refractivity contribution in [1.29, 1.82) is 0 Å². The van der Waals surface area contributed by atoms with Crippen LogP contribution in [0.15, 0.2) is 12.1 Å². The standard InChI is InChI=1S/C14H14F3NO3/c1-21-14(20)8-3-2-4-18(7-8)13(19)12-10(16)5-9(15)6-11(12)17/h5-6,8H,2-4,7H2,1H3/t8-/m0/s1. The number of halogens is 3. The molecule has 1 heterocycles. The summed E-state index contributed by atoms with van der Waals surface area (Å²) in [5.41, 5.74) is -0.804. The number of esters is 1. The van der Waals surface area contributed by atoms with E-state index in [0.29, 0.717) is 25.0 Å². The van der Waals surface area contributed by atoms with Crippen LogP contribution in [-0.2, 0) is 9.53 Å². The van der Waals surface area contributed by atoms with Gasteiger partial charge in [-0.05, 0) is 12.8 Å². The average molecular weight is 301 g/mol. The molecule has 1 fully saturated rings. The molecule has 0 saturated carbocycles. The molecule has 1 aliphatic heterocycles. The summed E-state index contributed by atoms with van der Waals surface area (Å²) in [5.74, 6) is -5.46. The zero-order valence-corrected chi connectivity index (χ0v) is 11.4. The fourth-order valence-corrected chi connectivity index (χ4v) is 2.43. The normalized spacial score (nSPS) is 18.5. The number of piperidine rings is 1. The quantitative estimate of drug-likeness (QED) is 0.786. The molecule has 0 N–H and O–H groups in total. The summed E-state index contributed by atoms with van der Waals surface area (Å²) in [6.45, 7) is 0.310. The van der Waals surface area contributed by atoms with Gasteiger partial charge in [-0.3, -0.25) is 9.59 Å². The molecule has 0 aromatic heterocycles. The number of hydrogen-bond acceptors (Lipinski definition) is 3. The summed E-state index contributed by atoms with van der Waals surface area (Å²) in [6, 6.07) is 0.913. The Labute approximate surface area is 119 Å². The molecule has 0 spiro atoms. The molecule has 0 radical (unpaired) electrons. The van der Waals surface area contributed by atoms with Gasteiger partial charge in [-0.15, -0.1) is 0 Å². The Bertz CT molecular complexity index is 554. The van der Waals surface area contributed by atoms with Crippen LogP contribution in [0.5, 0.6) is 0 Å². The monoisotopic (exact) mass is 301 g/mol. The number of methoxy groups -OCH3 is 1. The molecule has 1 atom stereocenters. The van der Waals surface area contributed by atoms with Crippen LogP contribution in [0.4, 0.5) is 13.2 Å². The Morgan fingerprint density at radius 1 is 1.24 bits per heavy atom.